The number of carbonyl (C=O) groups excluding carboxylic acids is 2. The van der Waals surface area contributed by atoms with Crippen molar-refractivity contribution in [2.45, 2.75) is 12.8 Å². The number of methoxy groups -OCH3 is 1. The van der Waals surface area contributed by atoms with Gasteiger partial charge in [0, 0.05) is 59.8 Å². The Morgan fingerprint density at radius 3 is 2.59 bits per heavy atom. The van der Waals surface area contributed by atoms with Gasteiger partial charge in [-0.15, -0.1) is 10.2 Å². The molecule has 0 aliphatic heterocycles. The lowest BCUT2D eigenvalue weighted by Gasteiger charge is -2.16. The van der Waals surface area contributed by atoms with Gasteiger partial charge in [-0.3, -0.25) is 14.3 Å². The zero-order chi connectivity index (χ0) is 28.4. The van der Waals surface area contributed by atoms with Crippen molar-refractivity contribution in [2.75, 3.05) is 24.7 Å². The molecule has 3 aromatic heterocycles. The summed E-state index contributed by atoms with van der Waals surface area (Å²) in [7, 11) is 3.30. The highest BCUT2D eigenvalue weighted by Crippen LogP contribution is 2.37. The number of benzene rings is 1. The first-order chi connectivity index (χ1) is 19.1. The molecule has 0 radical (unpaired) electrons. The van der Waals surface area contributed by atoms with Crippen LogP contribution in [0, 0.1) is 5.92 Å². The third-order valence-electron chi connectivity index (χ3n) is 5.74. The normalized spacial score (nSPS) is 14.2. The van der Waals surface area contributed by atoms with Crippen LogP contribution in [-0.2, 0) is 11.8 Å². The molecule has 37 heavy (non-hydrogen) atoms. The second-order valence-corrected chi connectivity index (χ2v) is 8.42. The summed E-state index contributed by atoms with van der Waals surface area (Å²) < 4.78 is 29.5. The van der Waals surface area contributed by atoms with Crippen LogP contribution < -0.4 is 20.7 Å². The molecule has 1 fully saturated rings. The van der Waals surface area contributed by atoms with E-state index in [0.29, 0.717) is 22.8 Å². The summed E-state index contributed by atoms with van der Waals surface area (Å²) in [5.41, 5.74) is 2.45. The Labute approximate surface area is 216 Å². The molecule has 1 saturated carbocycles. The molecule has 0 bridgehead atoms. The van der Waals surface area contributed by atoms with E-state index in [0.717, 1.165) is 24.0 Å². The summed E-state index contributed by atoms with van der Waals surface area (Å²) in [6.45, 7) is -2.74. The van der Waals surface area contributed by atoms with Crippen molar-refractivity contribution in [2.24, 2.45) is 13.0 Å². The molecule has 188 valence electrons. The summed E-state index contributed by atoms with van der Waals surface area (Å²) in [6, 6.07) is 6.62. The molecule has 3 heterocycles. The first-order valence-electron chi connectivity index (χ1n) is 12.9. The van der Waals surface area contributed by atoms with Crippen LogP contribution in [0.1, 0.15) is 27.4 Å². The highest BCUT2D eigenvalue weighted by atomic mass is 16.5. The fourth-order valence-corrected chi connectivity index (χ4v) is 3.71. The number of nitrogens with one attached hydrogen (secondary N) is 3. The molecule has 1 aliphatic carbocycles. The van der Waals surface area contributed by atoms with E-state index in [1.807, 2.05) is 18.6 Å². The van der Waals surface area contributed by atoms with Crippen molar-refractivity contribution in [3.05, 3.63) is 54.7 Å². The molecule has 0 unspecified atom stereocenters. The summed E-state index contributed by atoms with van der Waals surface area (Å²) >= 11 is 0. The van der Waals surface area contributed by atoms with Crippen molar-refractivity contribution >= 4 is 29.0 Å². The molecule has 5 rings (SSSR count). The lowest BCUT2D eigenvalue weighted by atomic mass is 10.1. The molecular formula is C25H25N9O3. The Kier molecular flexibility index (Phi) is 5.50. The molecular weight excluding hydrogens is 474 g/mol. The first kappa shape index (κ1) is 20.3. The van der Waals surface area contributed by atoms with Crippen LogP contribution in [0.25, 0.3) is 22.5 Å². The molecule has 3 N–H and O–H groups in total. The number of ether oxygens (including phenoxy) is 1. The summed E-state index contributed by atoms with van der Waals surface area (Å²) in [5.74, 6) is -0.406. The van der Waals surface area contributed by atoms with Crippen LogP contribution in [0.2, 0.25) is 0 Å². The van der Waals surface area contributed by atoms with E-state index < -0.39 is 12.9 Å². The van der Waals surface area contributed by atoms with Crippen LogP contribution in [0.5, 0.6) is 5.75 Å². The molecule has 1 aliphatic rings. The standard InChI is InChI=1S/C25H25N9O3/c1-26-25(36)21-19(9-20(32-33-21)31-24(35)14-7-8-14)30-18-6-4-5-17(22(18)37-3)23-27-10-15(11-28-23)16-12-29-34(2)13-16/h4-6,9-14H,7-8H2,1-3H3,(H,26,36)(H2,30,31,32,35)/i1D3. The van der Waals surface area contributed by atoms with Gasteiger partial charge in [-0.1, -0.05) is 6.07 Å². The fraction of sp³-hybridized carbons (Fsp3) is 0.240. The zero-order valence-corrected chi connectivity index (χ0v) is 20.0. The molecule has 2 amide bonds. The third-order valence-corrected chi connectivity index (χ3v) is 5.74. The number of aryl methyl sites for hydroxylation is 1. The van der Waals surface area contributed by atoms with E-state index >= 15 is 0 Å². The second kappa shape index (κ2) is 10.0. The van der Waals surface area contributed by atoms with Crippen LogP contribution in [0.15, 0.2) is 49.1 Å². The average molecular weight is 503 g/mol. The third kappa shape index (κ3) is 5.08. The maximum Gasteiger partial charge on any atom is 0.273 e. The van der Waals surface area contributed by atoms with Crippen LogP contribution >= 0.6 is 0 Å². The van der Waals surface area contributed by atoms with Crippen molar-refractivity contribution in [1.29, 1.82) is 0 Å². The summed E-state index contributed by atoms with van der Waals surface area (Å²) in [4.78, 5) is 34.0. The molecule has 12 heteroatoms. The largest absolute Gasteiger partial charge is 0.494 e. The Bertz CT molecular complexity index is 1570. The predicted molar refractivity (Wildman–Crippen MR) is 136 cm³/mol. The molecule has 0 spiro atoms. The van der Waals surface area contributed by atoms with Gasteiger partial charge in [-0.25, -0.2) is 9.97 Å². The maximum atomic E-state index is 12.8. The van der Waals surface area contributed by atoms with Crippen molar-refractivity contribution in [1.82, 2.24) is 35.3 Å². The molecule has 4 aromatic rings. The highest BCUT2D eigenvalue weighted by Gasteiger charge is 2.30. The van der Waals surface area contributed by atoms with E-state index in [-0.39, 0.29) is 29.0 Å². The van der Waals surface area contributed by atoms with Gasteiger partial charge in [0.1, 0.15) is 0 Å². The fourth-order valence-electron chi connectivity index (χ4n) is 3.71. The number of anilines is 3. The number of aromatic nitrogens is 6. The molecule has 0 atom stereocenters. The zero-order valence-electron chi connectivity index (χ0n) is 23.0. The van der Waals surface area contributed by atoms with Crippen LogP contribution in [-0.4, -0.2) is 55.8 Å². The van der Waals surface area contributed by atoms with E-state index in [4.69, 9.17) is 8.85 Å². The monoisotopic (exact) mass is 502 g/mol. The Hall–Kier alpha value is -4.87. The summed E-state index contributed by atoms with van der Waals surface area (Å²) in [5, 5.41) is 19.6. The van der Waals surface area contributed by atoms with Crippen LogP contribution in [0.4, 0.5) is 17.2 Å². The smallest absolute Gasteiger partial charge is 0.273 e. The Morgan fingerprint density at radius 2 is 1.92 bits per heavy atom. The summed E-state index contributed by atoms with van der Waals surface area (Å²) in [6.07, 6.45) is 8.51. The Balaban J connectivity index is 1.48. The van der Waals surface area contributed by atoms with E-state index in [9.17, 15) is 9.59 Å². The maximum absolute atomic E-state index is 12.8. The number of para-hydroxylation sites is 1. The van der Waals surface area contributed by atoms with Gasteiger partial charge in [0.2, 0.25) is 5.91 Å². The highest BCUT2D eigenvalue weighted by molar-refractivity contribution is 6.00. The second-order valence-electron chi connectivity index (χ2n) is 8.42. The van der Waals surface area contributed by atoms with Gasteiger partial charge in [0.25, 0.3) is 5.91 Å². The van der Waals surface area contributed by atoms with Crippen molar-refractivity contribution in [3.8, 4) is 28.3 Å². The van der Waals surface area contributed by atoms with Crippen molar-refractivity contribution < 1.29 is 18.4 Å². The minimum Gasteiger partial charge on any atom is -0.494 e. The minimum absolute atomic E-state index is 0.0851. The van der Waals surface area contributed by atoms with Gasteiger partial charge in [-0.2, -0.15) is 5.10 Å². The van der Waals surface area contributed by atoms with E-state index in [1.54, 1.807) is 41.5 Å². The predicted octanol–water partition coefficient (Wildman–Crippen LogP) is 2.79. The molecule has 0 saturated heterocycles. The van der Waals surface area contributed by atoms with Crippen molar-refractivity contribution in [3.63, 3.8) is 0 Å². The average Bonchev–Trinajstić information content (AvgIpc) is 3.68. The number of amides is 2. The number of carbonyl (C=O) groups is 2. The SMILES string of the molecule is [2H]C([2H])([2H])NC(=O)c1nnc(NC(=O)C2CC2)cc1Nc1cccc(-c2ncc(-c3cnn(C)c3)cn2)c1OC. The van der Waals surface area contributed by atoms with Crippen LogP contribution in [0.3, 0.4) is 0 Å². The lowest BCUT2D eigenvalue weighted by Crippen LogP contribution is -2.22. The van der Waals surface area contributed by atoms with Gasteiger partial charge >= 0.3 is 0 Å². The molecule has 1 aromatic carbocycles. The van der Waals surface area contributed by atoms with Gasteiger partial charge < -0.3 is 20.7 Å². The van der Waals surface area contributed by atoms with E-state index in [1.165, 1.54) is 13.2 Å². The number of hydrogen-bond donors (Lipinski definition) is 3. The Morgan fingerprint density at radius 1 is 1.11 bits per heavy atom. The lowest BCUT2D eigenvalue weighted by molar-refractivity contribution is -0.117. The van der Waals surface area contributed by atoms with Gasteiger partial charge in [0.15, 0.2) is 23.1 Å². The molecule has 12 nitrogen and oxygen atoms in total. The number of hydrogen-bond acceptors (Lipinski definition) is 9. The minimum atomic E-state index is -2.74. The quantitative estimate of drug-likeness (QED) is 0.331. The number of rotatable bonds is 8. The topological polar surface area (TPSA) is 149 Å². The van der Waals surface area contributed by atoms with E-state index in [2.05, 4.69) is 35.9 Å². The van der Waals surface area contributed by atoms with Gasteiger partial charge in [-0.05, 0) is 25.0 Å². The van der Waals surface area contributed by atoms with Gasteiger partial charge in [0.05, 0.1) is 30.2 Å². The first-order valence-corrected chi connectivity index (χ1v) is 11.4. The number of nitrogens with zero attached hydrogens (tertiary/aromatic N) is 6.